The van der Waals surface area contributed by atoms with Crippen molar-refractivity contribution in [2.75, 3.05) is 26.7 Å². The Morgan fingerprint density at radius 3 is 2.71 bits per heavy atom. The minimum absolute atomic E-state index is 0.143. The summed E-state index contributed by atoms with van der Waals surface area (Å²) in [7, 11) is 1.69. The molecule has 1 aliphatic rings. The zero-order valence-corrected chi connectivity index (χ0v) is 19.8. The van der Waals surface area contributed by atoms with E-state index in [2.05, 4.69) is 21.8 Å². The number of pyridine rings is 2. The van der Waals surface area contributed by atoms with E-state index in [4.69, 9.17) is 4.74 Å². The second kappa shape index (κ2) is 11.1. The maximum absolute atomic E-state index is 13.4. The number of carbonyl (C=O) groups excluding carboxylic acids is 2. The zero-order valence-electron chi connectivity index (χ0n) is 19.8. The van der Waals surface area contributed by atoms with E-state index in [1.165, 1.54) is 6.20 Å². The van der Waals surface area contributed by atoms with Crippen LogP contribution in [0.3, 0.4) is 0 Å². The summed E-state index contributed by atoms with van der Waals surface area (Å²) in [6.45, 7) is 5.64. The molecule has 0 unspecified atom stereocenters. The lowest BCUT2D eigenvalue weighted by molar-refractivity contribution is 0.0313. The summed E-state index contributed by atoms with van der Waals surface area (Å²) in [4.78, 5) is 37.7. The van der Waals surface area contributed by atoms with Crippen LogP contribution in [0.1, 0.15) is 47.1 Å². The zero-order chi connectivity index (χ0) is 24.8. The van der Waals surface area contributed by atoms with Gasteiger partial charge in [-0.05, 0) is 32.0 Å². The van der Waals surface area contributed by atoms with Crippen LogP contribution in [0.25, 0.3) is 0 Å². The van der Waals surface area contributed by atoms with Crippen LogP contribution in [-0.4, -0.2) is 86.8 Å². The lowest BCUT2D eigenvalue weighted by Gasteiger charge is -2.37. The normalized spacial score (nSPS) is 19.5. The summed E-state index contributed by atoms with van der Waals surface area (Å²) in [5.74, 6) is 4.93. The van der Waals surface area contributed by atoms with Crippen LogP contribution in [0, 0.1) is 17.8 Å². The summed E-state index contributed by atoms with van der Waals surface area (Å²) in [5.41, 5.74) is 1.20. The summed E-state index contributed by atoms with van der Waals surface area (Å²) >= 11 is 0. The van der Waals surface area contributed by atoms with Crippen molar-refractivity contribution in [2.24, 2.45) is 5.92 Å². The predicted molar refractivity (Wildman–Crippen MR) is 125 cm³/mol. The number of aliphatic hydroxyl groups is 2. The number of ether oxygens (including phenoxy) is 1. The molecule has 0 bridgehead atoms. The van der Waals surface area contributed by atoms with Gasteiger partial charge in [-0.3, -0.25) is 14.6 Å². The highest BCUT2D eigenvalue weighted by Crippen LogP contribution is 2.27. The topological polar surface area (TPSA) is 116 Å². The molecule has 180 valence electrons. The smallest absolute Gasteiger partial charge is 0.259 e. The highest BCUT2D eigenvalue weighted by Gasteiger charge is 2.34. The summed E-state index contributed by atoms with van der Waals surface area (Å²) in [6.07, 6.45) is 3.33. The quantitative estimate of drug-likeness (QED) is 0.636. The molecule has 0 aliphatic carbocycles. The Bertz CT molecular complexity index is 1080. The Labute approximate surface area is 199 Å². The lowest BCUT2D eigenvalue weighted by Crippen LogP contribution is -2.50. The molecule has 0 saturated heterocycles. The van der Waals surface area contributed by atoms with E-state index in [0.717, 1.165) is 0 Å². The fraction of sp³-hybridized carbons (Fsp3) is 0.440. The van der Waals surface area contributed by atoms with Gasteiger partial charge in [0.2, 0.25) is 5.88 Å². The number of aliphatic hydroxyl groups excluding tert-OH is 2. The maximum atomic E-state index is 13.4. The molecule has 34 heavy (non-hydrogen) atoms. The minimum Gasteiger partial charge on any atom is -0.472 e. The van der Waals surface area contributed by atoms with Gasteiger partial charge in [-0.25, -0.2) is 4.98 Å². The Morgan fingerprint density at radius 1 is 1.35 bits per heavy atom. The average Bonchev–Trinajstić information content (AvgIpc) is 2.84. The number of amides is 2. The van der Waals surface area contributed by atoms with Gasteiger partial charge < -0.3 is 24.7 Å². The Balaban J connectivity index is 1.95. The first-order valence-corrected chi connectivity index (χ1v) is 11.1. The SMILES string of the molecule is C[C@@H]1CN([C@H](C)CO)C(=O)c2cc(C#C[C@@H](C)O)cnc2O[C@H]1CN(C)C(=O)c1ccncc1. The third kappa shape index (κ3) is 5.90. The highest BCUT2D eigenvalue weighted by atomic mass is 16.5. The summed E-state index contributed by atoms with van der Waals surface area (Å²) in [5, 5.41) is 19.2. The van der Waals surface area contributed by atoms with Crippen molar-refractivity contribution in [3.05, 3.63) is 53.5 Å². The van der Waals surface area contributed by atoms with Gasteiger partial charge in [0.05, 0.1) is 19.2 Å². The number of fused-ring (bicyclic) bond motifs is 1. The van der Waals surface area contributed by atoms with Crippen molar-refractivity contribution in [3.63, 3.8) is 0 Å². The van der Waals surface area contributed by atoms with Gasteiger partial charge in [0.1, 0.15) is 17.8 Å². The molecule has 2 aromatic rings. The van der Waals surface area contributed by atoms with Crippen molar-refractivity contribution in [1.29, 1.82) is 0 Å². The van der Waals surface area contributed by atoms with Gasteiger partial charge in [0, 0.05) is 49.2 Å². The van der Waals surface area contributed by atoms with Crippen molar-refractivity contribution in [3.8, 4) is 17.7 Å². The molecular weight excluding hydrogens is 436 g/mol. The first-order valence-electron chi connectivity index (χ1n) is 11.1. The standard InChI is InChI=1S/C25H30N4O5/c1-16-13-29(17(2)15-30)25(33)21-11-19(6-5-18(3)31)12-27-23(21)34-22(16)14-28(4)24(32)20-7-9-26-10-8-20/h7-12,16-18,22,30-31H,13-15H2,1-4H3/t16-,17-,18-,22+/m1/s1. The number of aromatic nitrogens is 2. The predicted octanol–water partition coefficient (Wildman–Crippen LogP) is 1.20. The van der Waals surface area contributed by atoms with Gasteiger partial charge in [-0.15, -0.1) is 0 Å². The van der Waals surface area contributed by atoms with Crippen LogP contribution in [-0.2, 0) is 0 Å². The third-order valence-corrected chi connectivity index (χ3v) is 5.67. The molecule has 2 amide bonds. The number of hydrogen-bond donors (Lipinski definition) is 2. The second-order valence-corrected chi connectivity index (χ2v) is 8.57. The van der Waals surface area contributed by atoms with E-state index >= 15 is 0 Å². The van der Waals surface area contributed by atoms with Crippen molar-refractivity contribution in [1.82, 2.24) is 19.8 Å². The first kappa shape index (κ1) is 25.1. The third-order valence-electron chi connectivity index (χ3n) is 5.67. The van der Waals surface area contributed by atoms with E-state index in [0.29, 0.717) is 17.7 Å². The van der Waals surface area contributed by atoms with E-state index in [1.54, 1.807) is 61.3 Å². The van der Waals surface area contributed by atoms with Gasteiger partial charge in [-0.2, -0.15) is 0 Å². The van der Waals surface area contributed by atoms with Crippen molar-refractivity contribution >= 4 is 11.8 Å². The van der Waals surface area contributed by atoms with Crippen LogP contribution in [0.2, 0.25) is 0 Å². The van der Waals surface area contributed by atoms with Gasteiger partial charge in [0.25, 0.3) is 11.8 Å². The minimum atomic E-state index is -0.821. The maximum Gasteiger partial charge on any atom is 0.259 e. The van der Waals surface area contributed by atoms with Gasteiger partial charge in [0.15, 0.2) is 0 Å². The molecule has 2 N–H and O–H groups in total. The molecule has 0 saturated carbocycles. The fourth-order valence-corrected chi connectivity index (χ4v) is 3.64. The van der Waals surface area contributed by atoms with Crippen molar-refractivity contribution in [2.45, 2.75) is 39.0 Å². The fourth-order valence-electron chi connectivity index (χ4n) is 3.64. The molecule has 0 fully saturated rings. The monoisotopic (exact) mass is 466 g/mol. The molecular formula is C25H30N4O5. The molecule has 3 heterocycles. The molecule has 4 atom stereocenters. The van der Waals surface area contributed by atoms with E-state index in [-0.39, 0.29) is 42.3 Å². The van der Waals surface area contributed by atoms with Crippen LogP contribution < -0.4 is 4.74 Å². The number of rotatable bonds is 5. The number of carbonyl (C=O) groups is 2. The van der Waals surface area contributed by atoms with Crippen LogP contribution >= 0.6 is 0 Å². The molecule has 3 rings (SSSR count). The highest BCUT2D eigenvalue weighted by molar-refractivity contribution is 5.97. The van der Waals surface area contributed by atoms with Gasteiger partial charge >= 0.3 is 0 Å². The number of likely N-dealkylation sites (N-methyl/N-ethyl adjacent to an activating group) is 1. The lowest BCUT2D eigenvalue weighted by atomic mass is 9.99. The first-order chi connectivity index (χ1) is 16.2. The largest absolute Gasteiger partial charge is 0.472 e. The van der Waals surface area contributed by atoms with Gasteiger partial charge in [-0.1, -0.05) is 18.8 Å². The van der Waals surface area contributed by atoms with E-state index in [1.807, 2.05) is 6.92 Å². The molecule has 2 aromatic heterocycles. The Morgan fingerprint density at radius 2 is 2.06 bits per heavy atom. The molecule has 0 spiro atoms. The average molecular weight is 467 g/mol. The Hall–Kier alpha value is -3.48. The van der Waals surface area contributed by atoms with E-state index < -0.39 is 18.2 Å². The van der Waals surface area contributed by atoms with Crippen LogP contribution in [0.15, 0.2) is 36.8 Å². The molecule has 9 heteroatoms. The summed E-state index contributed by atoms with van der Waals surface area (Å²) < 4.78 is 6.19. The molecule has 9 nitrogen and oxygen atoms in total. The molecule has 1 aliphatic heterocycles. The second-order valence-electron chi connectivity index (χ2n) is 8.57. The van der Waals surface area contributed by atoms with E-state index in [9.17, 15) is 19.8 Å². The van der Waals surface area contributed by atoms with Crippen molar-refractivity contribution < 1.29 is 24.5 Å². The Kier molecular flexibility index (Phi) is 8.21. The van der Waals surface area contributed by atoms with Crippen LogP contribution in [0.5, 0.6) is 5.88 Å². The molecule has 0 aromatic carbocycles. The summed E-state index contributed by atoms with van der Waals surface area (Å²) in [6, 6.07) is 4.45. The number of hydrogen-bond acceptors (Lipinski definition) is 7. The molecule has 0 radical (unpaired) electrons. The van der Waals surface area contributed by atoms with Crippen LogP contribution in [0.4, 0.5) is 0 Å². The number of nitrogens with zero attached hydrogens (tertiary/aromatic N) is 4.